The number of likely N-dealkylation sites (tertiary alicyclic amines) is 1. The molecule has 1 fully saturated rings. The highest BCUT2D eigenvalue weighted by Gasteiger charge is 2.36. The van der Waals surface area contributed by atoms with Crippen LogP contribution in [0.15, 0.2) is 43.0 Å². The molecule has 4 heteroatoms. The lowest BCUT2D eigenvalue weighted by Gasteiger charge is -2.28. The summed E-state index contributed by atoms with van der Waals surface area (Å²) in [7, 11) is 0. The van der Waals surface area contributed by atoms with E-state index in [4.69, 9.17) is 4.74 Å². The van der Waals surface area contributed by atoms with Crippen LogP contribution in [0.2, 0.25) is 0 Å². The Hall–Kier alpha value is -1.81. The third-order valence-electron chi connectivity index (χ3n) is 3.69. The van der Waals surface area contributed by atoms with Crippen molar-refractivity contribution in [3.05, 3.63) is 48.6 Å². The number of aliphatic hydroxyl groups is 1. The van der Waals surface area contributed by atoms with Crippen molar-refractivity contribution in [3.63, 3.8) is 0 Å². The van der Waals surface area contributed by atoms with Crippen LogP contribution in [0, 0.1) is 0 Å². The van der Waals surface area contributed by atoms with Gasteiger partial charge in [-0.15, -0.1) is 6.58 Å². The van der Waals surface area contributed by atoms with Crippen LogP contribution in [-0.4, -0.2) is 34.8 Å². The first-order valence-electron chi connectivity index (χ1n) is 6.97. The second-order valence-corrected chi connectivity index (χ2v) is 5.04. The second-order valence-electron chi connectivity index (χ2n) is 5.04. The van der Waals surface area contributed by atoms with Crippen LogP contribution in [0.3, 0.4) is 0 Å². The van der Waals surface area contributed by atoms with Gasteiger partial charge in [-0.25, -0.2) is 4.79 Å². The molecule has 0 bridgehead atoms. The van der Waals surface area contributed by atoms with Crippen molar-refractivity contribution in [2.24, 2.45) is 0 Å². The highest BCUT2D eigenvalue weighted by atomic mass is 16.6. The van der Waals surface area contributed by atoms with Gasteiger partial charge in [0.25, 0.3) is 0 Å². The number of carbonyl (C=O) groups excluding carboxylic acids is 1. The molecule has 2 atom stereocenters. The van der Waals surface area contributed by atoms with Gasteiger partial charge in [0.1, 0.15) is 6.61 Å². The van der Waals surface area contributed by atoms with Crippen molar-refractivity contribution in [1.29, 1.82) is 0 Å². The van der Waals surface area contributed by atoms with Gasteiger partial charge in [0, 0.05) is 6.04 Å². The van der Waals surface area contributed by atoms with E-state index in [-0.39, 0.29) is 31.4 Å². The molecular formula is C16H21NO3. The number of nitrogens with zero attached hydrogens (tertiary/aromatic N) is 1. The molecule has 1 aliphatic heterocycles. The minimum atomic E-state index is -0.350. The van der Waals surface area contributed by atoms with Gasteiger partial charge in [-0.05, 0) is 24.8 Å². The second kappa shape index (κ2) is 7.10. The third kappa shape index (κ3) is 3.39. The molecule has 0 aliphatic carbocycles. The van der Waals surface area contributed by atoms with Crippen LogP contribution in [0.1, 0.15) is 24.8 Å². The Kier molecular flexibility index (Phi) is 5.18. The predicted octanol–water partition coefficient (Wildman–Crippen LogP) is 2.72. The van der Waals surface area contributed by atoms with Gasteiger partial charge in [-0.2, -0.15) is 0 Å². The Morgan fingerprint density at radius 2 is 2.05 bits per heavy atom. The minimum Gasteiger partial charge on any atom is -0.445 e. The summed E-state index contributed by atoms with van der Waals surface area (Å²) in [6.07, 6.45) is 3.89. The van der Waals surface area contributed by atoms with E-state index in [0.29, 0.717) is 0 Å². The van der Waals surface area contributed by atoms with E-state index in [2.05, 4.69) is 6.58 Å². The molecule has 1 amide bonds. The average Bonchev–Trinajstić information content (AvgIpc) is 2.89. The van der Waals surface area contributed by atoms with Crippen molar-refractivity contribution in [1.82, 2.24) is 4.90 Å². The summed E-state index contributed by atoms with van der Waals surface area (Å²) in [5.41, 5.74) is 0.959. The summed E-state index contributed by atoms with van der Waals surface area (Å²) < 4.78 is 5.36. The van der Waals surface area contributed by atoms with Gasteiger partial charge < -0.3 is 9.84 Å². The molecule has 1 aromatic carbocycles. The molecule has 0 aromatic heterocycles. The third-order valence-corrected chi connectivity index (χ3v) is 3.69. The van der Waals surface area contributed by atoms with Crippen LogP contribution in [0.4, 0.5) is 4.79 Å². The molecule has 1 aliphatic rings. The molecule has 1 saturated heterocycles. The Bertz CT molecular complexity index is 446. The average molecular weight is 275 g/mol. The van der Waals surface area contributed by atoms with Crippen molar-refractivity contribution < 1.29 is 14.6 Å². The van der Waals surface area contributed by atoms with Crippen molar-refractivity contribution in [2.75, 3.05) is 6.61 Å². The monoisotopic (exact) mass is 275 g/mol. The van der Waals surface area contributed by atoms with E-state index in [9.17, 15) is 9.90 Å². The Morgan fingerprint density at radius 1 is 1.35 bits per heavy atom. The summed E-state index contributed by atoms with van der Waals surface area (Å²) in [5, 5.41) is 9.38. The maximum absolute atomic E-state index is 12.2. The smallest absolute Gasteiger partial charge is 0.410 e. The predicted molar refractivity (Wildman–Crippen MR) is 77.2 cm³/mol. The molecule has 0 radical (unpaired) electrons. The van der Waals surface area contributed by atoms with Gasteiger partial charge in [-0.1, -0.05) is 36.4 Å². The quantitative estimate of drug-likeness (QED) is 0.841. The van der Waals surface area contributed by atoms with Crippen LogP contribution in [0.5, 0.6) is 0 Å². The normalized spacial score (nSPS) is 21.8. The molecule has 1 N–H and O–H groups in total. The number of ether oxygens (including phenoxy) is 1. The van der Waals surface area contributed by atoms with Crippen molar-refractivity contribution in [2.45, 2.75) is 38.0 Å². The lowest BCUT2D eigenvalue weighted by molar-refractivity contribution is 0.0654. The van der Waals surface area contributed by atoms with E-state index >= 15 is 0 Å². The number of carbonyl (C=O) groups is 1. The Labute approximate surface area is 119 Å². The summed E-state index contributed by atoms with van der Waals surface area (Å²) >= 11 is 0. The number of hydrogen-bond acceptors (Lipinski definition) is 3. The topological polar surface area (TPSA) is 49.8 Å². The number of amides is 1. The van der Waals surface area contributed by atoms with Gasteiger partial charge >= 0.3 is 6.09 Å². The summed E-state index contributed by atoms with van der Waals surface area (Å²) in [6.45, 7) is 3.96. The molecule has 20 heavy (non-hydrogen) atoms. The van der Waals surface area contributed by atoms with Crippen molar-refractivity contribution in [3.8, 4) is 0 Å². The Balaban J connectivity index is 1.96. The lowest BCUT2D eigenvalue weighted by Crippen LogP contribution is -2.43. The van der Waals surface area contributed by atoms with Crippen molar-refractivity contribution >= 4 is 6.09 Å². The van der Waals surface area contributed by atoms with E-state index < -0.39 is 0 Å². The zero-order chi connectivity index (χ0) is 14.4. The fourth-order valence-corrected chi connectivity index (χ4v) is 2.66. The zero-order valence-corrected chi connectivity index (χ0v) is 11.6. The molecule has 1 aromatic rings. The number of rotatable bonds is 5. The summed E-state index contributed by atoms with van der Waals surface area (Å²) in [6, 6.07) is 9.54. The molecule has 108 valence electrons. The lowest BCUT2D eigenvalue weighted by atomic mass is 10.1. The molecule has 1 heterocycles. The molecule has 0 unspecified atom stereocenters. The van der Waals surface area contributed by atoms with Crippen LogP contribution < -0.4 is 0 Å². The molecule has 2 rings (SSSR count). The van der Waals surface area contributed by atoms with Gasteiger partial charge in [-0.3, -0.25) is 4.90 Å². The first-order chi connectivity index (χ1) is 9.76. The first-order valence-corrected chi connectivity index (χ1v) is 6.97. The molecule has 4 nitrogen and oxygen atoms in total. The SMILES string of the molecule is C=CC[C@@H]1CC[C@@H](CO)N1C(=O)OCc1ccccc1. The number of aliphatic hydroxyl groups excluding tert-OH is 1. The van der Waals surface area contributed by atoms with Gasteiger partial charge in [0.15, 0.2) is 0 Å². The largest absolute Gasteiger partial charge is 0.445 e. The number of benzene rings is 1. The summed E-state index contributed by atoms with van der Waals surface area (Å²) in [5.74, 6) is 0. The minimum absolute atomic E-state index is 0.0198. The fraction of sp³-hybridized carbons (Fsp3) is 0.438. The molecule has 0 saturated carbocycles. The van der Waals surface area contributed by atoms with Crippen LogP contribution >= 0.6 is 0 Å². The maximum Gasteiger partial charge on any atom is 0.410 e. The highest BCUT2D eigenvalue weighted by molar-refractivity contribution is 5.69. The van der Waals surface area contributed by atoms with Gasteiger partial charge in [0.05, 0.1) is 12.6 Å². The molecule has 0 spiro atoms. The van der Waals surface area contributed by atoms with E-state index in [0.717, 1.165) is 24.8 Å². The highest BCUT2D eigenvalue weighted by Crippen LogP contribution is 2.27. The molecular weight excluding hydrogens is 254 g/mol. The Morgan fingerprint density at radius 3 is 2.70 bits per heavy atom. The number of hydrogen-bond donors (Lipinski definition) is 1. The van der Waals surface area contributed by atoms with Gasteiger partial charge in [0.2, 0.25) is 0 Å². The van der Waals surface area contributed by atoms with Crippen LogP contribution in [-0.2, 0) is 11.3 Å². The first kappa shape index (κ1) is 14.6. The van der Waals surface area contributed by atoms with E-state index in [1.807, 2.05) is 36.4 Å². The summed E-state index contributed by atoms with van der Waals surface area (Å²) in [4.78, 5) is 13.9. The fourth-order valence-electron chi connectivity index (χ4n) is 2.66. The van der Waals surface area contributed by atoms with E-state index in [1.165, 1.54) is 0 Å². The van der Waals surface area contributed by atoms with E-state index in [1.54, 1.807) is 4.90 Å². The zero-order valence-electron chi connectivity index (χ0n) is 11.6. The standard InChI is InChI=1S/C16H21NO3/c1-2-6-14-9-10-15(11-18)17(14)16(19)20-12-13-7-4-3-5-8-13/h2-5,7-8,14-15,18H,1,6,9-12H2/t14-,15+/m1/s1. The van der Waals surface area contributed by atoms with Crippen LogP contribution in [0.25, 0.3) is 0 Å². The maximum atomic E-state index is 12.2.